The van der Waals surface area contributed by atoms with Crippen molar-refractivity contribution in [1.29, 1.82) is 0 Å². The minimum atomic E-state index is -0.513. The van der Waals surface area contributed by atoms with Gasteiger partial charge in [-0.25, -0.2) is 0 Å². The molecule has 1 fully saturated rings. The number of benzene rings is 1. The van der Waals surface area contributed by atoms with Crippen LogP contribution < -0.4 is 0 Å². The Bertz CT molecular complexity index is 595. The van der Waals surface area contributed by atoms with Crippen LogP contribution in [0.4, 0.5) is 0 Å². The highest BCUT2D eigenvalue weighted by atomic mass is 16.5. The van der Waals surface area contributed by atoms with E-state index in [0.717, 1.165) is 18.7 Å². The van der Waals surface area contributed by atoms with Gasteiger partial charge in [-0.2, -0.15) is 0 Å². The van der Waals surface area contributed by atoms with Gasteiger partial charge >= 0.3 is 0 Å². The van der Waals surface area contributed by atoms with Gasteiger partial charge in [-0.05, 0) is 17.2 Å². The maximum absolute atomic E-state index is 12.5. The number of aromatic nitrogens is 1. The summed E-state index contributed by atoms with van der Waals surface area (Å²) in [4.78, 5) is 18.5. The SMILES string of the molecule is CO[C@@H](C(=O)N1CC(c2cccnc2)C1)c1ccccc1. The molecule has 1 aromatic carbocycles. The largest absolute Gasteiger partial charge is 0.367 e. The van der Waals surface area contributed by atoms with Crippen molar-refractivity contribution < 1.29 is 9.53 Å². The molecule has 1 aliphatic heterocycles. The van der Waals surface area contributed by atoms with Gasteiger partial charge in [0.25, 0.3) is 5.91 Å². The summed E-state index contributed by atoms with van der Waals surface area (Å²) in [5, 5.41) is 0. The van der Waals surface area contributed by atoms with Crippen LogP contribution in [-0.4, -0.2) is 36.0 Å². The Balaban J connectivity index is 1.65. The van der Waals surface area contributed by atoms with E-state index in [4.69, 9.17) is 4.74 Å². The lowest BCUT2D eigenvalue weighted by Gasteiger charge is -2.41. The van der Waals surface area contributed by atoms with Crippen molar-refractivity contribution in [1.82, 2.24) is 9.88 Å². The van der Waals surface area contributed by atoms with E-state index in [1.54, 1.807) is 13.3 Å². The molecule has 4 nitrogen and oxygen atoms in total. The molecule has 2 heterocycles. The van der Waals surface area contributed by atoms with Crippen LogP contribution in [0.15, 0.2) is 54.9 Å². The number of hydrogen-bond acceptors (Lipinski definition) is 3. The summed E-state index contributed by atoms with van der Waals surface area (Å²) < 4.78 is 5.39. The average Bonchev–Trinajstić information content (AvgIpc) is 2.49. The fraction of sp³-hybridized carbons (Fsp3) is 0.294. The Kier molecular flexibility index (Phi) is 3.97. The highest BCUT2D eigenvalue weighted by Gasteiger charge is 2.35. The predicted molar refractivity (Wildman–Crippen MR) is 79.8 cm³/mol. The maximum Gasteiger partial charge on any atom is 0.256 e. The molecule has 2 aromatic rings. The third-order valence-electron chi connectivity index (χ3n) is 3.91. The molecule has 1 aliphatic rings. The molecular formula is C17H18N2O2. The molecule has 0 spiro atoms. The molecule has 0 aliphatic carbocycles. The number of methoxy groups -OCH3 is 1. The van der Waals surface area contributed by atoms with Crippen molar-refractivity contribution in [2.75, 3.05) is 20.2 Å². The molecule has 1 saturated heterocycles. The number of hydrogen-bond donors (Lipinski definition) is 0. The summed E-state index contributed by atoms with van der Waals surface area (Å²) in [6.45, 7) is 1.47. The number of rotatable bonds is 4. The quantitative estimate of drug-likeness (QED) is 0.864. The molecule has 3 rings (SSSR count). The van der Waals surface area contributed by atoms with Gasteiger partial charge in [-0.1, -0.05) is 36.4 Å². The first kappa shape index (κ1) is 13.8. The second-order valence-electron chi connectivity index (χ2n) is 5.25. The van der Waals surface area contributed by atoms with E-state index >= 15 is 0 Å². The summed E-state index contributed by atoms with van der Waals surface area (Å²) in [7, 11) is 1.58. The number of carbonyl (C=O) groups excluding carboxylic acids is 1. The van der Waals surface area contributed by atoms with Gasteiger partial charge < -0.3 is 9.64 Å². The molecule has 21 heavy (non-hydrogen) atoms. The number of carbonyl (C=O) groups is 1. The molecule has 0 unspecified atom stereocenters. The minimum Gasteiger partial charge on any atom is -0.367 e. The molecule has 108 valence electrons. The standard InChI is InChI=1S/C17H18N2O2/c1-21-16(13-6-3-2-4-7-13)17(20)19-11-15(12-19)14-8-5-9-18-10-14/h2-10,15-16H,11-12H2,1H3/t16-/m1/s1. The molecule has 0 saturated carbocycles. The Labute approximate surface area is 124 Å². The van der Waals surface area contributed by atoms with Gasteiger partial charge in [-0.3, -0.25) is 9.78 Å². The number of ether oxygens (including phenoxy) is 1. The van der Waals surface area contributed by atoms with Crippen LogP contribution in [0.3, 0.4) is 0 Å². The van der Waals surface area contributed by atoms with Crippen LogP contribution in [-0.2, 0) is 9.53 Å². The highest BCUT2D eigenvalue weighted by molar-refractivity contribution is 5.83. The fourth-order valence-corrected chi connectivity index (χ4v) is 2.66. The molecule has 1 aromatic heterocycles. The van der Waals surface area contributed by atoms with E-state index < -0.39 is 6.10 Å². The third kappa shape index (κ3) is 2.81. The van der Waals surface area contributed by atoms with E-state index in [9.17, 15) is 4.79 Å². The van der Waals surface area contributed by atoms with E-state index in [1.165, 1.54) is 5.56 Å². The molecule has 0 N–H and O–H groups in total. The van der Waals surface area contributed by atoms with E-state index in [-0.39, 0.29) is 5.91 Å². The van der Waals surface area contributed by atoms with Crippen molar-refractivity contribution >= 4 is 5.91 Å². The number of likely N-dealkylation sites (tertiary alicyclic amines) is 1. The Morgan fingerprint density at radius 2 is 2.00 bits per heavy atom. The second-order valence-corrected chi connectivity index (χ2v) is 5.25. The molecule has 1 atom stereocenters. The van der Waals surface area contributed by atoms with E-state index in [2.05, 4.69) is 11.1 Å². The summed E-state index contributed by atoms with van der Waals surface area (Å²) >= 11 is 0. The first-order valence-electron chi connectivity index (χ1n) is 7.06. The topological polar surface area (TPSA) is 42.4 Å². The molecule has 4 heteroatoms. The molecule has 1 amide bonds. The summed E-state index contributed by atoms with van der Waals surface area (Å²) in [5.41, 5.74) is 2.09. The lowest BCUT2D eigenvalue weighted by Crippen LogP contribution is -2.50. The second kappa shape index (κ2) is 6.06. The van der Waals surface area contributed by atoms with Crippen LogP contribution in [0.1, 0.15) is 23.1 Å². The highest BCUT2D eigenvalue weighted by Crippen LogP contribution is 2.30. The van der Waals surface area contributed by atoms with Crippen molar-refractivity contribution in [3.05, 3.63) is 66.0 Å². The van der Waals surface area contributed by atoms with Gasteiger partial charge in [0.15, 0.2) is 6.10 Å². The lowest BCUT2D eigenvalue weighted by atomic mass is 9.91. The van der Waals surface area contributed by atoms with Gasteiger partial charge in [0.05, 0.1) is 0 Å². The lowest BCUT2D eigenvalue weighted by molar-refractivity contribution is -0.147. The van der Waals surface area contributed by atoms with Gasteiger partial charge in [-0.15, -0.1) is 0 Å². The van der Waals surface area contributed by atoms with Crippen LogP contribution in [0.5, 0.6) is 0 Å². The third-order valence-corrected chi connectivity index (χ3v) is 3.91. The first-order valence-corrected chi connectivity index (χ1v) is 7.06. The molecule has 0 radical (unpaired) electrons. The normalized spacial score (nSPS) is 16.3. The Morgan fingerprint density at radius 3 is 2.62 bits per heavy atom. The van der Waals surface area contributed by atoms with Crippen molar-refractivity contribution in [3.63, 3.8) is 0 Å². The van der Waals surface area contributed by atoms with Crippen LogP contribution in [0.2, 0.25) is 0 Å². The zero-order valence-corrected chi connectivity index (χ0v) is 12.0. The molecule has 0 bridgehead atoms. The van der Waals surface area contributed by atoms with Crippen LogP contribution >= 0.6 is 0 Å². The van der Waals surface area contributed by atoms with E-state index in [1.807, 2.05) is 47.5 Å². The number of amides is 1. The predicted octanol–water partition coefficient (Wildman–Crippen LogP) is 2.40. The summed E-state index contributed by atoms with van der Waals surface area (Å²) in [6, 6.07) is 13.6. The first-order chi connectivity index (χ1) is 10.3. The van der Waals surface area contributed by atoms with Gasteiger partial charge in [0, 0.05) is 38.5 Å². The number of nitrogens with zero attached hydrogens (tertiary/aromatic N) is 2. The zero-order chi connectivity index (χ0) is 14.7. The minimum absolute atomic E-state index is 0.0313. The van der Waals surface area contributed by atoms with Crippen LogP contribution in [0, 0.1) is 0 Å². The summed E-state index contributed by atoms with van der Waals surface area (Å²) in [5.74, 6) is 0.416. The van der Waals surface area contributed by atoms with Crippen molar-refractivity contribution in [2.24, 2.45) is 0 Å². The summed E-state index contributed by atoms with van der Waals surface area (Å²) in [6.07, 6.45) is 3.12. The van der Waals surface area contributed by atoms with Gasteiger partial charge in [0.2, 0.25) is 0 Å². The smallest absolute Gasteiger partial charge is 0.256 e. The van der Waals surface area contributed by atoms with E-state index in [0.29, 0.717) is 5.92 Å². The van der Waals surface area contributed by atoms with Crippen molar-refractivity contribution in [2.45, 2.75) is 12.0 Å². The van der Waals surface area contributed by atoms with Gasteiger partial charge in [0.1, 0.15) is 0 Å². The maximum atomic E-state index is 12.5. The Hall–Kier alpha value is -2.20. The van der Waals surface area contributed by atoms with Crippen LogP contribution in [0.25, 0.3) is 0 Å². The number of pyridine rings is 1. The van der Waals surface area contributed by atoms with Crippen molar-refractivity contribution in [3.8, 4) is 0 Å². The monoisotopic (exact) mass is 282 g/mol. The molecular weight excluding hydrogens is 264 g/mol. The fourth-order valence-electron chi connectivity index (χ4n) is 2.66. The average molecular weight is 282 g/mol. The Morgan fingerprint density at radius 1 is 1.24 bits per heavy atom. The zero-order valence-electron chi connectivity index (χ0n) is 12.0.